The molecule has 3 saturated carbocycles. The van der Waals surface area contributed by atoms with E-state index >= 15 is 0 Å². The number of ketones is 3. The number of rotatable bonds is 13. The molecule has 0 spiro atoms. The monoisotopic (exact) mass is 662 g/mol. The van der Waals surface area contributed by atoms with E-state index in [-0.39, 0.29) is 61.4 Å². The van der Waals surface area contributed by atoms with Crippen molar-refractivity contribution in [2.75, 3.05) is 18.6 Å². The van der Waals surface area contributed by atoms with Crippen LogP contribution in [0.4, 0.5) is 0 Å². The highest BCUT2D eigenvalue weighted by Crippen LogP contribution is 2.66. The van der Waals surface area contributed by atoms with Gasteiger partial charge in [-0.1, -0.05) is 19.4 Å². The van der Waals surface area contributed by atoms with Crippen LogP contribution in [-0.4, -0.2) is 87.6 Å². The first kappa shape index (κ1) is 35.8. The zero-order valence-electron chi connectivity index (χ0n) is 27.0. The number of fused-ring (bicyclic) bond motifs is 5. The van der Waals surface area contributed by atoms with Gasteiger partial charge in [-0.05, 0) is 80.8 Å². The Bertz CT molecular complexity index is 1330. The predicted octanol–water partition coefficient (Wildman–Crippen LogP) is 2.15. The van der Waals surface area contributed by atoms with Crippen molar-refractivity contribution < 1.29 is 48.5 Å². The Hall–Kier alpha value is -3.06. The van der Waals surface area contributed by atoms with E-state index in [1.54, 1.807) is 13.0 Å². The molecular formula is C33H46N2O10S. The zero-order valence-corrected chi connectivity index (χ0v) is 27.8. The minimum absolute atomic E-state index is 0.00341. The molecule has 0 heterocycles. The highest BCUT2D eigenvalue weighted by molar-refractivity contribution is 7.98. The lowest BCUT2D eigenvalue weighted by Gasteiger charge is -2.57. The quantitative estimate of drug-likeness (QED) is 0.211. The van der Waals surface area contributed by atoms with Crippen LogP contribution in [0, 0.1) is 28.6 Å². The molecular weight excluding hydrogens is 616 g/mol. The standard InChI is InChI=1S/C33H46N2O10S/c1-18(29(41)35-23(30(42)43)11-14-46-4)34-26(39)7-8-27(40)45-17-25(38)33(44)13-10-22-21-6-5-19-15-20(36)9-12-31(19,2)28(21)24(37)16-32(22,33)3/h15,18,21-23,28,44H,5-14,16-17H2,1-4H3,(H,34,39)(H,35,41)(H,42,43)/t18-,21+,22-,23+,28-,31-,32-,33-/m0/s1. The second-order valence-corrected chi connectivity index (χ2v) is 14.8. The van der Waals surface area contributed by atoms with Crippen LogP contribution >= 0.6 is 11.8 Å². The van der Waals surface area contributed by atoms with Crippen LogP contribution < -0.4 is 10.6 Å². The predicted molar refractivity (Wildman–Crippen MR) is 167 cm³/mol. The molecule has 254 valence electrons. The number of ether oxygens (including phenoxy) is 1. The Kier molecular flexibility index (Phi) is 10.9. The molecule has 3 fully saturated rings. The van der Waals surface area contributed by atoms with E-state index in [1.807, 2.05) is 6.26 Å². The summed E-state index contributed by atoms with van der Waals surface area (Å²) in [5.74, 6) is -3.71. The average Bonchev–Trinajstić information content (AvgIpc) is 3.27. The van der Waals surface area contributed by atoms with Gasteiger partial charge in [-0.2, -0.15) is 11.8 Å². The van der Waals surface area contributed by atoms with Gasteiger partial charge in [-0.25, -0.2) is 4.79 Å². The summed E-state index contributed by atoms with van der Waals surface area (Å²) in [6, 6.07) is -2.13. The van der Waals surface area contributed by atoms with Gasteiger partial charge in [0.05, 0.1) is 6.42 Å². The van der Waals surface area contributed by atoms with E-state index in [4.69, 9.17) is 4.74 Å². The highest BCUT2D eigenvalue weighted by Gasteiger charge is 2.68. The molecule has 0 bridgehead atoms. The molecule has 4 aliphatic carbocycles. The molecule has 0 aromatic rings. The Morgan fingerprint density at radius 1 is 1.07 bits per heavy atom. The molecule has 0 aliphatic heterocycles. The number of aliphatic carboxylic acids is 1. The van der Waals surface area contributed by atoms with Crippen molar-refractivity contribution >= 4 is 52.9 Å². The molecule has 0 aromatic carbocycles. The molecule has 0 aromatic heterocycles. The van der Waals surface area contributed by atoms with Gasteiger partial charge in [0, 0.05) is 30.6 Å². The molecule has 4 aliphatic rings. The van der Waals surface area contributed by atoms with Crippen molar-refractivity contribution in [1.29, 1.82) is 0 Å². The van der Waals surface area contributed by atoms with Crippen molar-refractivity contribution in [3.63, 3.8) is 0 Å². The molecule has 46 heavy (non-hydrogen) atoms. The van der Waals surface area contributed by atoms with Crippen LogP contribution in [0.3, 0.4) is 0 Å². The molecule has 0 radical (unpaired) electrons. The number of hydrogen-bond acceptors (Lipinski definition) is 10. The van der Waals surface area contributed by atoms with Crippen LogP contribution in [0.5, 0.6) is 0 Å². The van der Waals surface area contributed by atoms with Gasteiger partial charge in [0.25, 0.3) is 0 Å². The van der Waals surface area contributed by atoms with Gasteiger partial charge in [-0.15, -0.1) is 0 Å². The van der Waals surface area contributed by atoms with Crippen LogP contribution in [0.25, 0.3) is 0 Å². The average molecular weight is 663 g/mol. The van der Waals surface area contributed by atoms with Crippen molar-refractivity contribution in [2.45, 2.75) is 103 Å². The lowest BCUT2D eigenvalue weighted by atomic mass is 9.46. The first-order chi connectivity index (χ1) is 21.6. The number of carboxylic acids is 1. The van der Waals surface area contributed by atoms with Crippen LogP contribution in [-0.2, 0) is 38.3 Å². The third kappa shape index (κ3) is 6.81. The number of nitrogens with one attached hydrogen (secondary N) is 2. The maximum absolute atomic E-state index is 13.8. The number of carbonyl (C=O) groups is 7. The Morgan fingerprint density at radius 3 is 2.46 bits per heavy atom. The topological polar surface area (TPSA) is 193 Å². The summed E-state index contributed by atoms with van der Waals surface area (Å²) in [6.45, 7) is 4.57. The zero-order chi connectivity index (χ0) is 34.0. The lowest BCUT2D eigenvalue weighted by molar-refractivity contribution is -0.173. The number of carbonyl (C=O) groups excluding carboxylic acids is 6. The van der Waals surface area contributed by atoms with Crippen molar-refractivity contribution in [2.24, 2.45) is 28.6 Å². The van der Waals surface area contributed by atoms with E-state index in [1.165, 1.54) is 18.7 Å². The summed E-state index contributed by atoms with van der Waals surface area (Å²) in [5.41, 5.74) is -2.21. The molecule has 12 nitrogen and oxygen atoms in total. The van der Waals surface area contributed by atoms with Crippen molar-refractivity contribution in [3.8, 4) is 0 Å². The number of amides is 2. The first-order valence-corrected chi connectivity index (χ1v) is 17.5. The SMILES string of the molecule is CSCC[C@@H](NC(=O)[C@H](C)NC(=O)CCC(=O)OCC(=O)[C@@]1(O)CC[C@H]2[C@H]3CCC4=CC(=O)CC[C@]4(C)[C@@H]3C(=O)C[C@@]21C)C(=O)O. The van der Waals surface area contributed by atoms with Gasteiger partial charge in [0.15, 0.2) is 12.4 Å². The van der Waals surface area contributed by atoms with Gasteiger partial charge >= 0.3 is 11.9 Å². The van der Waals surface area contributed by atoms with Gasteiger partial charge in [0.2, 0.25) is 17.6 Å². The highest BCUT2D eigenvalue weighted by atomic mass is 32.2. The fourth-order valence-corrected chi connectivity index (χ4v) is 9.04. The number of hydrogen-bond donors (Lipinski definition) is 4. The third-order valence-corrected chi connectivity index (χ3v) is 11.8. The fraction of sp³-hybridized carbons (Fsp3) is 0.727. The summed E-state index contributed by atoms with van der Waals surface area (Å²) < 4.78 is 5.16. The van der Waals surface area contributed by atoms with E-state index in [2.05, 4.69) is 17.6 Å². The van der Waals surface area contributed by atoms with E-state index in [9.17, 15) is 43.8 Å². The summed E-state index contributed by atoms with van der Waals surface area (Å²) in [7, 11) is 0. The maximum Gasteiger partial charge on any atom is 0.326 e. The molecule has 13 heteroatoms. The Balaban J connectivity index is 1.29. The van der Waals surface area contributed by atoms with Gasteiger partial charge in [0.1, 0.15) is 23.5 Å². The molecule has 8 atom stereocenters. The van der Waals surface area contributed by atoms with Crippen molar-refractivity contribution in [3.05, 3.63) is 11.6 Å². The molecule has 4 N–H and O–H groups in total. The number of Topliss-reactive ketones (excluding diaryl/α,β-unsaturated/α-hetero) is 2. The maximum atomic E-state index is 13.8. The molecule has 0 unspecified atom stereocenters. The second-order valence-electron chi connectivity index (χ2n) is 13.9. The number of allylic oxidation sites excluding steroid dienone is 1. The summed E-state index contributed by atoms with van der Waals surface area (Å²) in [4.78, 5) is 87.8. The van der Waals surface area contributed by atoms with Crippen LogP contribution in [0.15, 0.2) is 11.6 Å². The second kappa shape index (κ2) is 14.0. The molecule has 2 amide bonds. The van der Waals surface area contributed by atoms with E-state index in [0.29, 0.717) is 37.9 Å². The molecule has 4 rings (SSSR count). The first-order valence-electron chi connectivity index (χ1n) is 16.1. The van der Waals surface area contributed by atoms with Crippen molar-refractivity contribution in [1.82, 2.24) is 10.6 Å². The summed E-state index contributed by atoms with van der Waals surface area (Å²) in [5, 5.41) is 25.9. The van der Waals surface area contributed by atoms with Crippen LogP contribution in [0.1, 0.15) is 85.0 Å². The Labute approximate surface area is 273 Å². The van der Waals surface area contributed by atoms with E-state index in [0.717, 1.165) is 5.57 Å². The number of thioether (sulfide) groups is 1. The van der Waals surface area contributed by atoms with E-state index < -0.39 is 64.7 Å². The van der Waals surface area contributed by atoms with Crippen LogP contribution in [0.2, 0.25) is 0 Å². The summed E-state index contributed by atoms with van der Waals surface area (Å²) in [6.07, 6.45) is 6.26. The lowest BCUT2D eigenvalue weighted by Crippen LogP contribution is -2.61. The fourth-order valence-electron chi connectivity index (χ4n) is 8.57. The number of carboxylic acid groups (broad SMARTS) is 1. The van der Waals surface area contributed by atoms with Gasteiger partial charge < -0.3 is 25.6 Å². The van der Waals surface area contributed by atoms with Gasteiger partial charge in [-0.3, -0.25) is 28.8 Å². The summed E-state index contributed by atoms with van der Waals surface area (Å²) >= 11 is 1.44. The minimum atomic E-state index is -1.85. The molecule has 0 saturated heterocycles. The largest absolute Gasteiger partial charge is 0.480 e. The minimum Gasteiger partial charge on any atom is -0.480 e. The number of aliphatic hydroxyl groups is 1. The smallest absolute Gasteiger partial charge is 0.326 e. The number of esters is 1. The third-order valence-electron chi connectivity index (χ3n) is 11.2. The Morgan fingerprint density at radius 2 is 1.78 bits per heavy atom. The normalized spacial score (nSPS) is 33.0.